The van der Waals surface area contributed by atoms with E-state index in [2.05, 4.69) is 10.4 Å². The highest BCUT2D eigenvalue weighted by Gasteiger charge is 2.18. The molecule has 0 aliphatic carbocycles. The summed E-state index contributed by atoms with van der Waals surface area (Å²) in [5.74, 6) is -0.638. The van der Waals surface area contributed by atoms with Crippen LogP contribution in [0.5, 0.6) is 0 Å². The van der Waals surface area contributed by atoms with E-state index in [0.717, 1.165) is 17.2 Å². The van der Waals surface area contributed by atoms with Gasteiger partial charge in [0.25, 0.3) is 5.69 Å². The molecule has 128 valence electrons. The zero-order valence-electron chi connectivity index (χ0n) is 13.6. The van der Waals surface area contributed by atoms with Crippen molar-refractivity contribution in [2.24, 2.45) is 0 Å². The molecule has 6 nitrogen and oxygen atoms in total. The summed E-state index contributed by atoms with van der Waals surface area (Å²) in [4.78, 5) is 10.5. The normalized spacial score (nSPS) is 11.9. The Morgan fingerprint density at radius 2 is 2.04 bits per heavy atom. The maximum Gasteiger partial charge on any atom is 0.295 e. The largest absolute Gasteiger partial charge is 0.373 e. The molecule has 3 aromatic rings. The van der Waals surface area contributed by atoms with Gasteiger partial charge in [0, 0.05) is 11.8 Å². The van der Waals surface area contributed by atoms with Crippen LogP contribution in [0, 0.1) is 15.9 Å². The Labute approximate surface area is 144 Å². The summed E-state index contributed by atoms with van der Waals surface area (Å²) < 4.78 is 15.0. The molecule has 0 amide bonds. The van der Waals surface area contributed by atoms with Gasteiger partial charge in [0.2, 0.25) is 0 Å². The highest BCUT2D eigenvalue weighted by molar-refractivity contribution is 5.62. The monoisotopic (exact) mass is 340 g/mol. The Morgan fingerprint density at radius 3 is 2.76 bits per heavy atom. The van der Waals surface area contributed by atoms with Crippen molar-refractivity contribution < 1.29 is 9.31 Å². The lowest BCUT2D eigenvalue weighted by Gasteiger charge is -2.13. The summed E-state index contributed by atoms with van der Waals surface area (Å²) in [5.41, 5.74) is 2.00. The third kappa shape index (κ3) is 4.00. The predicted octanol–water partition coefficient (Wildman–Crippen LogP) is 4.15. The average Bonchev–Trinajstić information content (AvgIpc) is 3.06. The summed E-state index contributed by atoms with van der Waals surface area (Å²) in [6.45, 7) is 2.52. The molecule has 7 heteroatoms. The summed E-state index contributed by atoms with van der Waals surface area (Å²) >= 11 is 0. The van der Waals surface area contributed by atoms with Gasteiger partial charge in [0.1, 0.15) is 11.5 Å². The average molecular weight is 340 g/mol. The second kappa shape index (κ2) is 7.12. The Bertz CT molecular complexity index is 880. The van der Waals surface area contributed by atoms with Gasteiger partial charge < -0.3 is 5.32 Å². The van der Waals surface area contributed by atoms with Gasteiger partial charge in [-0.3, -0.25) is 14.8 Å². The van der Waals surface area contributed by atoms with Crippen LogP contribution in [-0.4, -0.2) is 14.7 Å². The van der Waals surface area contributed by atoms with Gasteiger partial charge in [0.15, 0.2) is 0 Å². The van der Waals surface area contributed by atoms with E-state index < -0.39 is 10.7 Å². The number of nitro benzene ring substituents is 1. The molecule has 1 heterocycles. The number of halogens is 1. The van der Waals surface area contributed by atoms with Crippen molar-refractivity contribution in [3.63, 3.8) is 0 Å². The molecule has 1 N–H and O–H groups in total. The van der Waals surface area contributed by atoms with Crippen molar-refractivity contribution in [3.8, 4) is 0 Å². The van der Waals surface area contributed by atoms with Crippen molar-refractivity contribution in [2.75, 3.05) is 5.32 Å². The standard InChI is InChI=1S/C18H17FN4O2/c1-13(21-17-8-7-16(19)9-18(17)23(24)25)15-10-20-22(12-15)11-14-5-3-2-4-6-14/h2-10,12-13,21H,11H2,1H3. The number of rotatable bonds is 6. The Balaban J connectivity index is 1.74. The topological polar surface area (TPSA) is 73.0 Å². The molecule has 0 aliphatic rings. The van der Waals surface area contributed by atoms with Crippen LogP contribution in [0.1, 0.15) is 24.1 Å². The van der Waals surface area contributed by atoms with Gasteiger partial charge in [-0.1, -0.05) is 30.3 Å². The lowest BCUT2D eigenvalue weighted by Crippen LogP contribution is -2.08. The van der Waals surface area contributed by atoms with E-state index in [1.54, 1.807) is 6.20 Å². The second-order valence-electron chi connectivity index (χ2n) is 5.74. The fourth-order valence-electron chi connectivity index (χ4n) is 2.55. The fourth-order valence-corrected chi connectivity index (χ4v) is 2.55. The summed E-state index contributed by atoms with van der Waals surface area (Å²) in [7, 11) is 0. The van der Waals surface area contributed by atoms with E-state index in [1.165, 1.54) is 12.1 Å². The molecule has 0 saturated carbocycles. The van der Waals surface area contributed by atoms with Crippen LogP contribution in [-0.2, 0) is 6.54 Å². The Kier molecular flexibility index (Phi) is 4.74. The number of hydrogen-bond acceptors (Lipinski definition) is 4. The third-order valence-corrected chi connectivity index (χ3v) is 3.87. The molecule has 0 fully saturated rings. The van der Waals surface area contributed by atoms with E-state index in [0.29, 0.717) is 6.54 Å². The van der Waals surface area contributed by atoms with Crippen molar-refractivity contribution >= 4 is 11.4 Å². The first-order chi connectivity index (χ1) is 12.0. The number of anilines is 1. The number of aromatic nitrogens is 2. The molecule has 0 aliphatic heterocycles. The molecule has 1 unspecified atom stereocenters. The number of hydrogen-bond donors (Lipinski definition) is 1. The van der Waals surface area contributed by atoms with Crippen LogP contribution >= 0.6 is 0 Å². The van der Waals surface area contributed by atoms with Gasteiger partial charge in [-0.15, -0.1) is 0 Å². The molecular formula is C18H17FN4O2. The van der Waals surface area contributed by atoms with Crippen LogP contribution in [0.3, 0.4) is 0 Å². The van der Waals surface area contributed by atoms with Crippen LogP contribution in [0.15, 0.2) is 60.9 Å². The molecule has 0 saturated heterocycles. The number of nitro groups is 1. The Morgan fingerprint density at radius 1 is 1.28 bits per heavy atom. The van der Waals surface area contributed by atoms with Gasteiger partial charge in [0.05, 0.1) is 29.8 Å². The fraction of sp³-hybridized carbons (Fsp3) is 0.167. The third-order valence-electron chi connectivity index (χ3n) is 3.87. The molecule has 0 radical (unpaired) electrons. The van der Waals surface area contributed by atoms with Crippen molar-refractivity contribution in [1.29, 1.82) is 0 Å². The maximum absolute atomic E-state index is 13.2. The first-order valence-corrected chi connectivity index (χ1v) is 7.79. The lowest BCUT2D eigenvalue weighted by atomic mass is 10.1. The van der Waals surface area contributed by atoms with E-state index in [1.807, 2.05) is 48.1 Å². The molecular weight excluding hydrogens is 323 g/mol. The van der Waals surface area contributed by atoms with Gasteiger partial charge in [-0.2, -0.15) is 5.10 Å². The van der Waals surface area contributed by atoms with Crippen LogP contribution in [0.4, 0.5) is 15.8 Å². The minimum atomic E-state index is -0.638. The lowest BCUT2D eigenvalue weighted by molar-refractivity contribution is -0.384. The summed E-state index contributed by atoms with van der Waals surface area (Å²) in [6, 6.07) is 13.2. The van der Waals surface area contributed by atoms with Crippen LogP contribution in [0.2, 0.25) is 0 Å². The SMILES string of the molecule is CC(Nc1ccc(F)cc1[N+](=O)[O-])c1cnn(Cc2ccccc2)c1. The van der Waals surface area contributed by atoms with Gasteiger partial charge in [-0.25, -0.2) is 4.39 Å². The van der Waals surface area contributed by atoms with Crippen molar-refractivity contribution in [1.82, 2.24) is 9.78 Å². The minimum Gasteiger partial charge on any atom is -0.373 e. The number of benzene rings is 2. The van der Waals surface area contributed by atoms with E-state index >= 15 is 0 Å². The van der Waals surface area contributed by atoms with Crippen LogP contribution in [0.25, 0.3) is 0 Å². The summed E-state index contributed by atoms with van der Waals surface area (Å²) in [5, 5.41) is 18.5. The molecule has 3 rings (SSSR count). The molecule has 1 atom stereocenters. The van der Waals surface area contributed by atoms with Gasteiger partial charge >= 0.3 is 0 Å². The smallest absolute Gasteiger partial charge is 0.295 e. The molecule has 0 spiro atoms. The van der Waals surface area contributed by atoms with Crippen molar-refractivity contribution in [3.05, 3.63) is 88.0 Å². The first kappa shape index (κ1) is 16.6. The zero-order valence-corrected chi connectivity index (χ0v) is 13.6. The molecule has 0 bridgehead atoms. The van der Waals surface area contributed by atoms with E-state index in [-0.39, 0.29) is 17.4 Å². The molecule has 25 heavy (non-hydrogen) atoms. The molecule has 1 aromatic heterocycles. The molecule has 2 aromatic carbocycles. The minimum absolute atomic E-state index is 0.214. The summed E-state index contributed by atoms with van der Waals surface area (Å²) in [6.07, 6.45) is 3.61. The predicted molar refractivity (Wildman–Crippen MR) is 92.9 cm³/mol. The van der Waals surface area contributed by atoms with E-state index in [9.17, 15) is 14.5 Å². The zero-order chi connectivity index (χ0) is 17.8. The quantitative estimate of drug-likeness (QED) is 0.540. The number of nitrogens with one attached hydrogen (secondary N) is 1. The first-order valence-electron chi connectivity index (χ1n) is 7.79. The Hall–Kier alpha value is -3.22. The highest BCUT2D eigenvalue weighted by atomic mass is 19.1. The van der Waals surface area contributed by atoms with Crippen LogP contribution < -0.4 is 5.32 Å². The van der Waals surface area contributed by atoms with E-state index in [4.69, 9.17) is 0 Å². The van der Waals surface area contributed by atoms with Crippen molar-refractivity contribution in [2.45, 2.75) is 19.5 Å². The maximum atomic E-state index is 13.2. The second-order valence-corrected chi connectivity index (χ2v) is 5.74. The number of nitrogens with zero attached hydrogens (tertiary/aromatic N) is 3. The van der Waals surface area contributed by atoms with Gasteiger partial charge in [-0.05, 0) is 24.6 Å². The highest BCUT2D eigenvalue weighted by Crippen LogP contribution is 2.28.